The van der Waals surface area contributed by atoms with Crippen LogP contribution in [0.1, 0.15) is 63.5 Å². The van der Waals surface area contributed by atoms with Gasteiger partial charge < -0.3 is 10.1 Å². The minimum Gasteiger partial charge on any atom is -0.370 e. The van der Waals surface area contributed by atoms with Crippen molar-refractivity contribution >= 4 is 11.6 Å². The number of rotatable bonds is 4. The molecule has 1 spiro atoms. The van der Waals surface area contributed by atoms with Crippen LogP contribution in [0.25, 0.3) is 0 Å². The second-order valence-electron chi connectivity index (χ2n) is 6.70. The molecule has 1 saturated carbocycles. The summed E-state index contributed by atoms with van der Waals surface area (Å²) in [6, 6.07) is 8.45. The summed E-state index contributed by atoms with van der Waals surface area (Å²) in [7, 11) is 0. The summed E-state index contributed by atoms with van der Waals surface area (Å²) in [6.07, 6.45) is 9.49. The highest BCUT2D eigenvalue weighted by Gasteiger charge is 2.40. The van der Waals surface area contributed by atoms with Crippen molar-refractivity contribution in [2.45, 2.75) is 69.6 Å². The molecule has 0 aromatic heterocycles. The molecule has 1 unspecified atom stereocenters. The second kappa shape index (κ2) is 6.68. The van der Waals surface area contributed by atoms with Gasteiger partial charge in [0, 0.05) is 17.6 Å². The van der Waals surface area contributed by atoms with E-state index in [1.807, 2.05) is 12.1 Å². The van der Waals surface area contributed by atoms with E-state index >= 15 is 0 Å². The maximum absolute atomic E-state index is 6.41. The van der Waals surface area contributed by atoms with Crippen molar-refractivity contribution in [2.75, 3.05) is 6.54 Å². The van der Waals surface area contributed by atoms with Gasteiger partial charge in [0.15, 0.2) is 0 Å². The van der Waals surface area contributed by atoms with E-state index in [1.165, 1.54) is 50.5 Å². The van der Waals surface area contributed by atoms with Crippen LogP contribution in [0.15, 0.2) is 24.3 Å². The standard InChI is InChI=1S/C18H26ClNO/c1-14(15-5-7-16(19)8-6-15)20-13-17-9-12-18(21-17)10-3-2-4-11-18/h5-8,14,17,20H,2-4,9-13H2,1H3/t14-,17?/m0/s1. The summed E-state index contributed by atoms with van der Waals surface area (Å²) in [5.41, 5.74) is 1.51. The maximum Gasteiger partial charge on any atom is 0.0708 e. The molecule has 1 aromatic rings. The highest BCUT2D eigenvalue weighted by molar-refractivity contribution is 6.30. The first-order chi connectivity index (χ1) is 10.2. The van der Waals surface area contributed by atoms with Gasteiger partial charge in [0.25, 0.3) is 0 Å². The lowest BCUT2D eigenvalue weighted by atomic mass is 9.83. The summed E-state index contributed by atoms with van der Waals surface area (Å²) in [5.74, 6) is 0. The van der Waals surface area contributed by atoms with E-state index in [-0.39, 0.29) is 5.60 Å². The Kier molecular flexibility index (Phi) is 4.88. The van der Waals surface area contributed by atoms with Crippen LogP contribution in [0.4, 0.5) is 0 Å². The van der Waals surface area contributed by atoms with Gasteiger partial charge in [0.05, 0.1) is 11.7 Å². The molecule has 2 fully saturated rings. The Morgan fingerprint density at radius 1 is 1.19 bits per heavy atom. The molecular weight excluding hydrogens is 282 g/mol. The van der Waals surface area contributed by atoms with E-state index < -0.39 is 0 Å². The molecular formula is C18H26ClNO. The summed E-state index contributed by atoms with van der Waals surface area (Å²) in [4.78, 5) is 0. The molecule has 1 heterocycles. The lowest BCUT2D eigenvalue weighted by molar-refractivity contribution is -0.0628. The fraction of sp³-hybridized carbons (Fsp3) is 0.667. The fourth-order valence-electron chi connectivity index (χ4n) is 3.78. The SMILES string of the molecule is C[C@H](NCC1CCC2(CCCCC2)O1)c1ccc(Cl)cc1. The van der Waals surface area contributed by atoms with Gasteiger partial charge in [-0.3, -0.25) is 0 Å². The van der Waals surface area contributed by atoms with Crippen molar-refractivity contribution in [1.29, 1.82) is 0 Å². The number of benzene rings is 1. The van der Waals surface area contributed by atoms with E-state index in [0.717, 1.165) is 11.6 Å². The first-order valence-electron chi connectivity index (χ1n) is 8.34. The Bertz CT molecular complexity index is 453. The average Bonchev–Trinajstić information content (AvgIpc) is 2.89. The first kappa shape index (κ1) is 15.3. The van der Waals surface area contributed by atoms with Crippen LogP contribution in [0.2, 0.25) is 5.02 Å². The summed E-state index contributed by atoms with van der Waals surface area (Å²) < 4.78 is 6.41. The molecule has 1 aliphatic carbocycles. The molecule has 21 heavy (non-hydrogen) atoms. The Labute approximate surface area is 133 Å². The summed E-state index contributed by atoms with van der Waals surface area (Å²) >= 11 is 5.94. The second-order valence-corrected chi connectivity index (χ2v) is 7.14. The zero-order valence-corrected chi connectivity index (χ0v) is 13.7. The third-order valence-electron chi connectivity index (χ3n) is 5.13. The van der Waals surface area contributed by atoms with Crippen molar-refractivity contribution < 1.29 is 4.74 Å². The van der Waals surface area contributed by atoms with E-state index in [0.29, 0.717) is 12.1 Å². The van der Waals surface area contributed by atoms with Gasteiger partial charge in [0.1, 0.15) is 0 Å². The molecule has 3 heteroatoms. The summed E-state index contributed by atoms with van der Waals surface area (Å²) in [5, 5.41) is 4.41. The molecule has 0 bridgehead atoms. The summed E-state index contributed by atoms with van der Waals surface area (Å²) in [6.45, 7) is 3.15. The van der Waals surface area contributed by atoms with Crippen molar-refractivity contribution in [2.24, 2.45) is 0 Å². The van der Waals surface area contributed by atoms with Gasteiger partial charge in [-0.25, -0.2) is 0 Å². The topological polar surface area (TPSA) is 21.3 Å². The third kappa shape index (κ3) is 3.80. The minimum absolute atomic E-state index is 0.230. The number of hydrogen-bond acceptors (Lipinski definition) is 2. The maximum atomic E-state index is 6.41. The average molecular weight is 308 g/mol. The molecule has 1 aromatic carbocycles. The minimum atomic E-state index is 0.230. The fourth-order valence-corrected chi connectivity index (χ4v) is 3.91. The molecule has 0 radical (unpaired) electrons. The quantitative estimate of drug-likeness (QED) is 0.856. The van der Waals surface area contributed by atoms with E-state index in [2.05, 4.69) is 24.4 Å². The zero-order valence-electron chi connectivity index (χ0n) is 12.9. The zero-order chi connectivity index (χ0) is 14.7. The van der Waals surface area contributed by atoms with Crippen LogP contribution in [0, 0.1) is 0 Å². The van der Waals surface area contributed by atoms with E-state index in [4.69, 9.17) is 16.3 Å². The van der Waals surface area contributed by atoms with Crippen LogP contribution < -0.4 is 5.32 Å². The van der Waals surface area contributed by atoms with Gasteiger partial charge >= 0.3 is 0 Å². The number of halogens is 1. The lowest BCUT2D eigenvalue weighted by Gasteiger charge is -2.33. The Hall–Kier alpha value is -0.570. The molecule has 2 atom stereocenters. The van der Waals surface area contributed by atoms with Crippen LogP contribution in [-0.4, -0.2) is 18.2 Å². The van der Waals surface area contributed by atoms with Crippen LogP contribution in [-0.2, 0) is 4.74 Å². The van der Waals surface area contributed by atoms with Gasteiger partial charge in [-0.1, -0.05) is 43.0 Å². The number of hydrogen-bond donors (Lipinski definition) is 1. The molecule has 2 aliphatic rings. The van der Waals surface area contributed by atoms with Gasteiger partial charge in [-0.2, -0.15) is 0 Å². The monoisotopic (exact) mass is 307 g/mol. The Morgan fingerprint density at radius 3 is 2.62 bits per heavy atom. The molecule has 116 valence electrons. The van der Waals surface area contributed by atoms with Gasteiger partial charge in [-0.05, 0) is 50.3 Å². The van der Waals surface area contributed by atoms with Crippen molar-refractivity contribution in [3.63, 3.8) is 0 Å². The van der Waals surface area contributed by atoms with E-state index in [1.54, 1.807) is 0 Å². The van der Waals surface area contributed by atoms with E-state index in [9.17, 15) is 0 Å². The van der Waals surface area contributed by atoms with Crippen LogP contribution in [0.3, 0.4) is 0 Å². The number of nitrogens with one attached hydrogen (secondary N) is 1. The first-order valence-corrected chi connectivity index (χ1v) is 8.71. The predicted octanol–water partition coefficient (Wildman–Crippen LogP) is 4.87. The van der Waals surface area contributed by atoms with Crippen molar-refractivity contribution in [1.82, 2.24) is 5.32 Å². The predicted molar refractivity (Wildman–Crippen MR) is 87.8 cm³/mol. The molecule has 1 aliphatic heterocycles. The largest absolute Gasteiger partial charge is 0.370 e. The van der Waals surface area contributed by atoms with Crippen molar-refractivity contribution in [3.05, 3.63) is 34.9 Å². The third-order valence-corrected chi connectivity index (χ3v) is 5.38. The van der Waals surface area contributed by atoms with Crippen molar-refractivity contribution in [3.8, 4) is 0 Å². The lowest BCUT2D eigenvalue weighted by Crippen LogP contribution is -2.35. The molecule has 0 amide bonds. The highest BCUT2D eigenvalue weighted by Crippen LogP contribution is 2.41. The van der Waals surface area contributed by atoms with Crippen LogP contribution in [0.5, 0.6) is 0 Å². The number of ether oxygens (including phenoxy) is 1. The van der Waals surface area contributed by atoms with Crippen LogP contribution >= 0.6 is 11.6 Å². The molecule has 1 N–H and O–H groups in total. The normalized spacial score (nSPS) is 26.1. The molecule has 2 nitrogen and oxygen atoms in total. The molecule has 3 rings (SSSR count). The smallest absolute Gasteiger partial charge is 0.0708 e. The highest BCUT2D eigenvalue weighted by atomic mass is 35.5. The Balaban J connectivity index is 1.48. The van der Waals surface area contributed by atoms with Gasteiger partial charge in [-0.15, -0.1) is 0 Å². The molecule has 1 saturated heterocycles. The Morgan fingerprint density at radius 2 is 1.90 bits per heavy atom. The van der Waals surface area contributed by atoms with Gasteiger partial charge in [0.2, 0.25) is 0 Å².